The number of carbonyl (C=O) groups excluding carboxylic acids is 2. The number of nitrogens with zero attached hydrogens (tertiary/aromatic N) is 3. The number of piperazine rings is 1. The molecule has 150 valence electrons. The highest BCUT2D eigenvalue weighted by Gasteiger charge is 2.59. The number of hydrogen-bond donors (Lipinski definition) is 0. The lowest BCUT2D eigenvalue weighted by Crippen LogP contribution is -2.50. The molecule has 0 unspecified atom stereocenters. The normalized spacial score (nSPS) is 33.2. The summed E-state index contributed by atoms with van der Waals surface area (Å²) in [6, 6.07) is 3.38. The first-order valence-electron chi connectivity index (χ1n) is 9.76. The molecule has 3 fully saturated rings. The molecular formula is C19H23N3O4S2. The van der Waals surface area contributed by atoms with E-state index in [0.29, 0.717) is 43.5 Å². The lowest BCUT2D eigenvalue weighted by molar-refractivity contribution is -0.140. The predicted octanol–water partition coefficient (Wildman–Crippen LogP) is 0.862. The van der Waals surface area contributed by atoms with Crippen LogP contribution < -0.4 is 0 Å². The van der Waals surface area contributed by atoms with Crippen molar-refractivity contribution in [3.63, 3.8) is 0 Å². The van der Waals surface area contributed by atoms with E-state index in [0.717, 1.165) is 6.42 Å². The molecule has 2 amide bonds. The second-order valence-corrected chi connectivity index (χ2v) is 11.1. The molecule has 4 aliphatic rings. The van der Waals surface area contributed by atoms with Gasteiger partial charge in [0.15, 0.2) is 0 Å². The van der Waals surface area contributed by atoms with Gasteiger partial charge in [0.2, 0.25) is 11.8 Å². The molecule has 0 N–H and O–H groups in total. The van der Waals surface area contributed by atoms with Crippen LogP contribution in [0.2, 0.25) is 0 Å². The van der Waals surface area contributed by atoms with Crippen molar-refractivity contribution in [2.24, 2.45) is 23.7 Å². The maximum Gasteiger partial charge on any atom is 0.252 e. The van der Waals surface area contributed by atoms with Gasteiger partial charge in [0.1, 0.15) is 4.21 Å². The summed E-state index contributed by atoms with van der Waals surface area (Å²) in [4.78, 5) is 29.1. The molecule has 1 saturated carbocycles. The summed E-state index contributed by atoms with van der Waals surface area (Å²) in [6.07, 6.45) is 5.16. The standard InChI is InChI=1S/C19H23N3O4S2/c23-18-16-13-3-4-14(12-13)17(16)19(24)22(18)10-7-20-5-8-21(9-6-20)28(25,26)15-2-1-11-27-15/h1-4,11,13-14,16-17H,5-10,12H2/t13-,14-,16-,17+/m1/s1. The Morgan fingerprint density at radius 3 is 2.18 bits per heavy atom. The van der Waals surface area contributed by atoms with Gasteiger partial charge in [-0.1, -0.05) is 18.2 Å². The molecule has 3 heterocycles. The van der Waals surface area contributed by atoms with Crippen molar-refractivity contribution in [1.82, 2.24) is 14.1 Å². The van der Waals surface area contributed by atoms with Gasteiger partial charge in [0, 0.05) is 39.3 Å². The molecular weight excluding hydrogens is 398 g/mol. The first kappa shape index (κ1) is 18.5. The Morgan fingerprint density at radius 2 is 1.61 bits per heavy atom. The van der Waals surface area contributed by atoms with Crippen LogP contribution in [0.15, 0.2) is 33.9 Å². The number of amides is 2. The second-order valence-electron chi connectivity index (χ2n) is 8.01. The maximum atomic E-state index is 12.7. The van der Waals surface area contributed by atoms with Gasteiger partial charge < -0.3 is 0 Å². The zero-order valence-electron chi connectivity index (χ0n) is 15.4. The third-order valence-corrected chi connectivity index (χ3v) is 9.89. The Morgan fingerprint density at radius 1 is 0.964 bits per heavy atom. The zero-order chi connectivity index (χ0) is 19.5. The molecule has 0 aromatic carbocycles. The zero-order valence-corrected chi connectivity index (χ0v) is 17.1. The van der Waals surface area contributed by atoms with Crippen molar-refractivity contribution in [3.8, 4) is 0 Å². The molecule has 28 heavy (non-hydrogen) atoms. The minimum atomic E-state index is -3.41. The number of carbonyl (C=O) groups is 2. The maximum absolute atomic E-state index is 12.7. The molecule has 7 nitrogen and oxygen atoms in total. The smallest absolute Gasteiger partial charge is 0.252 e. The van der Waals surface area contributed by atoms with E-state index in [9.17, 15) is 18.0 Å². The molecule has 1 aromatic rings. The minimum absolute atomic E-state index is 0.00856. The molecule has 5 rings (SSSR count). The summed E-state index contributed by atoms with van der Waals surface area (Å²) in [6.45, 7) is 3.10. The van der Waals surface area contributed by atoms with Gasteiger partial charge in [-0.05, 0) is 29.7 Å². The fourth-order valence-corrected chi connectivity index (χ4v) is 7.72. The van der Waals surface area contributed by atoms with E-state index in [1.165, 1.54) is 20.5 Å². The van der Waals surface area contributed by atoms with Crippen LogP contribution in [0.5, 0.6) is 0 Å². The first-order valence-corrected chi connectivity index (χ1v) is 12.1. The largest absolute Gasteiger partial charge is 0.299 e. The van der Waals surface area contributed by atoms with E-state index in [1.807, 2.05) is 0 Å². The van der Waals surface area contributed by atoms with Crippen molar-refractivity contribution in [2.45, 2.75) is 10.6 Å². The van der Waals surface area contributed by atoms with Crippen molar-refractivity contribution < 1.29 is 18.0 Å². The highest BCUT2D eigenvalue weighted by Crippen LogP contribution is 2.52. The lowest BCUT2D eigenvalue weighted by Gasteiger charge is -2.34. The summed E-state index contributed by atoms with van der Waals surface area (Å²) in [7, 11) is -3.41. The van der Waals surface area contributed by atoms with E-state index < -0.39 is 10.0 Å². The molecule has 2 aliphatic heterocycles. The summed E-state index contributed by atoms with van der Waals surface area (Å²) < 4.78 is 27.1. The second kappa shape index (κ2) is 6.76. The monoisotopic (exact) mass is 421 g/mol. The van der Waals surface area contributed by atoms with Crippen LogP contribution in [0.1, 0.15) is 6.42 Å². The van der Waals surface area contributed by atoms with Crippen LogP contribution in [0, 0.1) is 23.7 Å². The van der Waals surface area contributed by atoms with Crippen LogP contribution in [0.3, 0.4) is 0 Å². The molecule has 0 spiro atoms. The van der Waals surface area contributed by atoms with Gasteiger partial charge >= 0.3 is 0 Å². The third kappa shape index (κ3) is 2.79. The third-order valence-electron chi connectivity index (χ3n) is 6.62. The summed E-state index contributed by atoms with van der Waals surface area (Å²) in [5.74, 6) is 0.173. The fraction of sp³-hybridized carbons (Fsp3) is 0.579. The first-order chi connectivity index (χ1) is 13.5. The van der Waals surface area contributed by atoms with Crippen LogP contribution >= 0.6 is 11.3 Å². The quantitative estimate of drug-likeness (QED) is 0.521. The Labute approximate surface area is 168 Å². The number of rotatable bonds is 5. The summed E-state index contributed by atoms with van der Waals surface area (Å²) in [5, 5.41) is 1.77. The van der Waals surface area contributed by atoms with Crippen molar-refractivity contribution >= 4 is 33.2 Å². The van der Waals surface area contributed by atoms with Crippen LogP contribution in [0.4, 0.5) is 0 Å². The van der Waals surface area contributed by atoms with Crippen LogP contribution in [0.25, 0.3) is 0 Å². The number of sulfonamides is 1. The summed E-state index contributed by atoms with van der Waals surface area (Å²) in [5.41, 5.74) is 0. The van der Waals surface area contributed by atoms with E-state index in [-0.39, 0.29) is 35.5 Å². The van der Waals surface area contributed by atoms with Gasteiger partial charge in [0.25, 0.3) is 10.0 Å². The fourth-order valence-electron chi connectivity index (χ4n) is 5.16. The van der Waals surface area contributed by atoms with Crippen molar-refractivity contribution in [2.75, 3.05) is 39.3 Å². The number of likely N-dealkylation sites (tertiary alicyclic amines) is 1. The number of hydrogen-bond acceptors (Lipinski definition) is 6. The summed E-state index contributed by atoms with van der Waals surface area (Å²) >= 11 is 1.24. The van der Waals surface area contributed by atoms with Gasteiger partial charge in [0.05, 0.1) is 11.8 Å². The number of fused-ring (bicyclic) bond motifs is 5. The molecule has 1 aromatic heterocycles. The average Bonchev–Trinajstić information content (AvgIpc) is 3.47. The molecule has 0 radical (unpaired) electrons. The Kier molecular flexibility index (Phi) is 4.46. The van der Waals surface area contributed by atoms with E-state index in [2.05, 4.69) is 17.1 Å². The molecule has 4 atom stereocenters. The van der Waals surface area contributed by atoms with Gasteiger partial charge in [-0.3, -0.25) is 19.4 Å². The topological polar surface area (TPSA) is 78.0 Å². The highest BCUT2D eigenvalue weighted by molar-refractivity contribution is 7.91. The van der Waals surface area contributed by atoms with Gasteiger partial charge in [-0.15, -0.1) is 11.3 Å². The van der Waals surface area contributed by atoms with E-state index in [1.54, 1.807) is 17.5 Å². The van der Waals surface area contributed by atoms with Crippen molar-refractivity contribution in [3.05, 3.63) is 29.7 Å². The number of thiophene rings is 1. The Hall–Kier alpha value is -1.55. The number of allylic oxidation sites excluding steroid dienone is 2. The Bertz CT molecular complexity index is 889. The SMILES string of the molecule is O=C1[C@@H]2[C@H](C(=O)N1CCN1CCN(S(=O)(=O)c3cccs3)CC1)[C@@H]1C=C[C@@H]2C1. The highest BCUT2D eigenvalue weighted by atomic mass is 32.2. The lowest BCUT2D eigenvalue weighted by atomic mass is 9.85. The minimum Gasteiger partial charge on any atom is -0.299 e. The van der Waals surface area contributed by atoms with Crippen LogP contribution in [-0.2, 0) is 19.6 Å². The van der Waals surface area contributed by atoms with Crippen LogP contribution in [-0.4, -0.2) is 73.6 Å². The molecule has 2 aliphatic carbocycles. The molecule has 2 saturated heterocycles. The molecule has 9 heteroatoms. The predicted molar refractivity (Wildman–Crippen MR) is 104 cm³/mol. The van der Waals surface area contributed by atoms with E-state index >= 15 is 0 Å². The number of imide groups is 1. The van der Waals surface area contributed by atoms with Gasteiger partial charge in [-0.25, -0.2) is 8.42 Å². The van der Waals surface area contributed by atoms with E-state index in [4.69, 9.17) is 0 Å². The average molecular weight is 422 g/mol. The Balaban J connectivity index is 1.16. The molecule has 2 bridgehead atoms. The van der Waals surface area contributed by atoms with Gasteiger partial charge in [-0.2, -0.15) is 4.31 Å². The van der Waals surface area contributed by atoms with Crippen molar-refractivity contribution in [1.29, 1.82) is 0 Å².